The van der Waals surface area contributed by atoms with E-state index in [1.54, 1.807) is 35.4 Å². The van der Waals surface area contributed by atoms with Gasteiger partial charge in [0.05, 0.1) is 16.9 Å². The van der Waals surface area contributed by atoms with Crippen molar-refractivity contribution in [3.63, 3.8) is 0 Å². The van der Waals surface area contributed by atoms with E-state index in [-0.39, 0.29) is 22.6 Å². The van der Waals surface area contributed by atoms with Crippen LogP contribution in [0, 0.1) is 16.0 Å². The first-order valence-corrected chi connectivity index (χ1v) is 14.3. The zero-order valence-electron chi connectivity index (χ0n) is 23.9. The molecule has 0 aliphatic carbocycles. The maximum absolute atomic E-state index is 14.9. The fraction of sp³-hybridized carbons (Fsp3) is 0.143. The molecule has 3 aliphatic rings. The van der Waals surface area contributed by atoms with E-state index >= 15 is 0 Å². The highest BCUT2D eigenvalue weighted by Crippen LogP contribution is 2.62. The molecule has 0 saturated carbocycles. The molecule has 45 heavy (non-hydrogen) atoms. The van der Waals surface area contributed by atoms with Gasteiger partial charge in [-0.3, -0.25) is 29.3 Å². The quantitative estimate of drug-likeness (QED) is 0.101. The van der Waals surface area contributed by atoms with E-state index < -0.39 is 51.8 Å². The number of carbonyl (C=O) groups excluding carboxylic acids is 4. The zero-order valence-corrected chi connectivity index (χ0v) is 23.9. The molecule has 4 aromatic carbocycles. The van der Waals surface area contributed by atoms with E-state index in [9.17, 15) is 29.3 Å². The van der Waals surface area contributed by atoms with Crippen LogP contribution in [0.15, 0.2) is 103 Å². The number of hydrogen-bond donors (Lipinski definition) is 1. The molecular formula is C35H25N3O7. The summed E-state index contributed by atoms with van der Waals surface area (Å²) >= 11 is 0. The number of esters is 1. The Balaban J connectivity index is 1.48. The third-order valence-electron chi connectivity index (χ3n) is 8.86. The van der Waals surface area contributed by atoms with Crippen LogP contribution in [0.1, 0.15) is 50.4 Å². The van der Waals surface area contributed by atoms with Crippen molar-refractivity contribution >= 4 is 40.9 Å². The van der Waals surface area contributed by atoms with Crippen LogP contribution >= 0.6 is 0 Å². The lowest BCUT2D eigenvalue weighted by molar-refractivity contribution is -0.384. The van der Waals surface area contributed by atoms with E-state index in [4.69, 9.17) is 4.74 Å². The predicted octanol–water partition coefficient (Wildman–Crippen LogP) is 5.50. The molecule has 10 heteroatoms. The Labute approximate surface area is 257 Å². The van der Waals surface area contributed by atoms with Crippen molar-refractivity contribution in [1.82, 2.24) is 4.90 Å². The van der Waals surface area contributed by atoms with Gasteiger partial charge in [0.1, 0.15) is 17.2 Å². The van der Waals surface area contributed by atoms with Crippen molar-refractivity contribution in [1.29, 1.82) is 0 Å². The van der Waals surface area contributed by atoms with Crippen molar-refractivity contribution < 1.29 is 28.8 Å². The highest BCUT2D eigenvalue weighted by molar-refractivity contribution is 6.16. The second-order valence-corrected chi connectivity index (χ2v) is 11.2. The van der Waals surface area contributed by atoms with E-state index in [1.807, 2.05) is 30.3 Å². The number of ether oxygens (including phenoxy) is 1. The van der Waals surface area contributed by atoms with Crippen LogP contribution in [0.25, 0.3) is 6.08 Å². The number of anilines is 1. The van der Waals surface area contributed by atoms with E-state index in [2.05, 4.69) is 5.32 Å². The van der Waals surface area contributed by atoms with Crippen LogP contribution in [-0.2, 0) is 15.0 Å². The SMILES string of the molecule is CC(=O)Oc1ccc(C(=O)[C@@H]2[C@@H](C(=O)c3cccc([N+](=O)[O-])c3)[C@]3(C(=O)Nc4ccccc43)[C@H]3c4ccccc4C=CN23)cc1. The van der Waals surface area contributed by atoms with E-state index in [1.165, 1.54) is 55.5 Å². The van der Waals surface area contributed by atoms with Crippen LogP contribution in [0.5, 0.6) is 5.75 Å². The lowest BCUT2D eigenvalue weighted by Gasteiger charge is -2.38. The van der Waals surface area contributed by atoms with Crippen molar-refractivity contribution in [2.24, 2.45) is 5.92 Å². The molecule has 4 atom stereocenters. The molecule has 1 fully saturated rings. The number of ketones is 2. The average Bonchev–Trinajstić information content (AvgIpc) is 3.52. The van der Waals surface area contributed by atoms with Gasteiger partial charge in [0.25, 0.3) is 5.69 Å². The summed E-state index contributed by atoms with van der Waals surface area (Å²) in [5, 5.41) is 14.7. The number of non-ortho nitro benzene ring substituents is 1. The average molecular weight is 600 g/mol. The molecule has 0 bridgehead atoms. The summed E-state index contributed by atoms with van der Waals surface area (Å²) in [6.45, 7) is 1.27. The zero-order chi connectivity index (χ0) is 31.5. The first-order valence-electron chi connectivity index (χ1n) is 14.3. The molecule has 0 aromatic heterocycles. The number of hydrogen-bond acceptors (Lipinski definition) is 8. The minimum absolute atomic E-state index is 0.0193. The van der Waals surface area contributed by atoms with E-state index in [0.717, 1.165) is 11.1 Å². The minimum atomic E-state index is -1.57. The molecule has 1 N–H and O–H groups in total. The molecule has 1 saturated heterocycles. The monoisotopic (exact) mass is 599 g/mol. The lowest BCUT2D eigenvalue weighted by Crippen LogP contribution is -2.49. The smallest absolute Gasteiger partial charge is 0.308 e. The summed E-state index contributed by atoms with van der Waals surface area (Å²) in [6.07, 6.45) is 3.60. The van der Waals surface area contributed by atoms with E-state index in [0.29, 0.717) is 11.3 Å². The van der Waals surface area contributed by atoms with Gasteiger partial charge in [-0.2, -0.15) is 0 Å². The van der Waals surface area contributed by atoms with Crippen molar-refractivity contribution in [3.8, 4) is 5.75 Å². The molecular weight excluding hydrogens is 574 g/mol. The number of nitro groups is 1. The number of carbonyl (C=O) groups is 4. The van der Waals surface area contributed by atoms with Gasteiger partial charge in [-0.05, 0) is 53.1 Å². The predicted molar refractivity (Wildman–Crippen MR) is 164 cm³/mol. The van der Waals surface area contributed by atoms with Gasteiger partial charge in [0.2, 0.25) is 5.91 Å². The highest BCUT2D eigenvalue weighted by atomic mass is 16.6. The Morgan fingerprint density at radius 1 is 0.889 bits per heavy atom. The molecule has 10 nitrogen and oxygen atoms in total. The van der Waals surface area contributed by atoms with Crippen molar-refractivity contribution in [2.45, 2.75) is 24.4 Å². The lowest BCUT2D eigenvalue weighted by atomic mass is 9.62. The van der Waals surface area contributed by atoms with Crippen LogP contribution in [0.4, 0.5) is 11.4 Å². The number of fused-ring (bicyclic) bond motifs is 6. The Kier molecular flexibility index (Phi) is 6.43. The first-order chi connectivity index (χ1) is 21.7. The van der Waals surface area contributed by atoms with Gasteiger partial charge in [0, 0.05) is 42.1 Å². The molecule has 222 valence electrons. The fourth-order valence-corrected chi connectivity index (χ4v) is 7.14. The minimum Gasteiger partial charge on any atom is -0.427 e. The number of Topliss-reactive ketones (excluding diaryl/α,β-unsaturated/α-hetero) is 2. The first kappa shape index (κ1) is 27.9. The molecule has 7 rings (SSSR count). The molecule has 4 aromatic rings. The highest BCUT2D eigenvalue weighted by Gasteiger charge is 2.70. The Hall–Kier alpha value is -5.90. The van der Waals surface area contributed by atoms with Crippen LogP contribution in [0.3, 0.4) is 0 Å². The standard InChI is InChI=1S/C35H25N3O7/c1-20(39)45-25-15-13-22(14-16-25)32(41)30-29(31(40)23-8-6-9-24(19-23)38(43)44)35(27-11-4-5-12-28(27)36-34(35)42)33-26-10-3-2-7-21(26)17-18-37(30)33/h2-19,29-30,33H,1H3,(H,36,42)/t29-,30-,33+,35-/m0/s1. The summed E-state index contributed by atoms with van der Waals surface area (Å²) < 4.78 is 5.14. The van der Waals surface area contributed by atoms with Gasteiger partial charge in [-0.1, -0.05) is 54.6 Å². The van der Waals surface area contributed by atoms with Crippen LogP contribution in [0.2, 0.25) is 0 Å². The van der Waals surface area contributed by atoms with Crippen molar-refractivity contribution in [3.05, 3.63) is 141 Å². The maximum Gasteiger partial charge on any atom is 0.308 e. The number of nitro benzene ring substituents is 1. The number of nitrogens with one attached hydrogen (secondary N) is 1. The summed E-state index contributed by atoms with van der Waals surface area (Å²) in [5.41, 5.74) is 1.12. The second kappa shape index (κ2) is 10.4. The third-order valence-corrected chi connectivity index (χ3v) is 8.86. The Morgan fingerprint density at radius 2 is 1.62 bits per heavy atom. The normalized spacial score (nSPS) is 22.3. The summed E-state index contributed by atoms with van der Waals surface area (Å²) in [5.74, 6) is -2.99. The van der Waals surface area contributed by atoms with Gasteiger partial charge in [0.15, 0.2) is 11.6 Å². The summed E-state index contributed by atoms with van der Waals surface area (Å²) in [6, 6.07) is 24.1. The number of nitrogens with zero attached hydrogens (tertiary/aromatic N) is 2. The fourth-order valence-electron chi connectivity index (χ4n) is 7.14. The van der Waals surface area contributed by atoms with Crippen molar-refractivity contribution in [2.75, 3.05) is 5.32 Å². The van der Waals surface area contributed by atoms with Gasteiger partial charge >= 0.3 is 5.97 Å². The molecule has 0 unspecified atom stereocenters. The third kappa shape index (κ3) is 4.17. The maximum atomic E-state index is 14.9. The second-order valence-electron chi connectivity index (χ2n) is 11.2. The largest absolute Gasteiger partial charge is 0.427 e. The number of rotatable bonds is 6. The molecule has 3 heterocycles. The van der Waals surface area contributed by atoms with Gasteiger partial charge in [-0.15, -0.1) is 0 Å². The van der Waals surface area contributed by atoms with Crippen LogP contribution in [-0.4, -0.2) is 39.3 Å². The summed E-state index contributed by atoms with van der Waals surface area (Å²) in [4.78, 5) is 68.4. The number of para-hydroxylation sites is 1. The van der Waals surface area contributed by atoms with Gasteiger partial charge in [-0.25, -0.2) is 0 Å². The molecule has 0 radical (unpaired) electrons. The number of amides is 1. The van der Waals surface area contributed by atoms with Gasteiger partial charge < -0.3 is 15.0 Å². The molecule has 3 aliphatic heterocycles. The number of benzene rings is 4. The Bertz CT molecular complexity index is 1970. The summed E-state index contributed by atoms with van der Waals surface area (Å²) in [7, 11) is 0. The Morgan fingerprint density at radius 3 is 2.38 bits per heavy atom. The molecule has 1 amide bonds. The topological polar surface area (TPSA) is 136 Å². The molecule has 1 spiro atoms. The van der Waals surface area contributed by atoms with Crippen LogP contribution < -0.4 is 10.1 Å².